The van der Waals surface area contributed by atoms with Gasteiger partial charge >= 0.3 is 0 Å². The minimum atomic E-state index is 0.386. The van der Waals surface area contributed by atoms with Gasteiger partial charge in [-0.3, -0.25) is 0 Å². The van der Waals surface area contributed by atoms with Gasteiger partial charge in [-0.2, -0.15) is 0 Å². The highest BCUT2D eigenvalue weighted by Gasteiger charge is 2.29. The lowest BCUT2D eigenvalue weighted by Gasteiger charge is -2.20. The van der Waals surface area contributed by atoms with Crippen LogP contribution in [0.25, 0.3) is 0 Å². The van der Waals surface area contributed by atoms with Crippen molar-refractivity contribution >= 4 is 17.4 Å². The van der Waals surface area contributed by atoms with E-state index in [0.29, 0.717) is 10.6 Å². The fraction of sp³-hybridized carbons (Fsp3) is 0.600. The average Bonchev–Trinajstić information content (AvgIpc) is 2.46. The first-order valence-electron chi connectivity index (χ1n) is 4.79. The minimum absolute atomic E-state index is 0.386. The Morgan fingerprint density at radius 1 is 1.43 bits per heavy atom. The van der Waals surface area contributed by atoms with Crippen LogP contribution < -0.4 is 4.90 Å². The van der Waals surface area contributed by atoms with E-state index in [1.807, 2.05) is 6.07 Å². The van der Waals surface area contributed by atoms with Crippen LogP contribution in [0.1, 0.15) is 20.3 Å². The number of hydrogen-bond acceptors (Lipinski definition) is 3. The van der Waals surface area contributed by atoms with E-state index < -0.39 is 0 Å². The third-order valence-electron chi connectivity index (χ3n) is 2.62. The molecule has 1 aromatic rings. The smallest absolute Gasteiger partial charge is 0.134 e. The van der Waals surface area contributed by atoms with Crippen LogP contribution >= 0.6 is 11.6 Å². The van der Waals surface area contributed by atoms with E-state index in [2.05, 4.69) is 28.7 Å². The highest BCUT2D eigenvalue weighted by atomic mass is 35.5. The van der Waals surface area contributed by atoms with Gasteiger partial charge in [-0.1, -0.05) is 25.4 Å². The lowest BCUT2D eigenvalue weighted by Crippen LogP contribution is -2.23. The SMILES string of the molecule is CC1(C)CCN(c2cc(Cl)ncn2)C1. The molecule has 1 aliphatic rings. The molecule has 2 heterocycles. The molecule has 0 radical (unpaired) electrons. The molecule has 0 spiro atoms. The predicted molar refractivity (Wildman–Crippen MR) is 57.7 cm³/mol. The largest absolute Gasteiger partial charge is 0.356 e. The van der Waals surface area contributed by atoms with Crippen molar-refractivity contribution < 1.29 is 0 Å². The number of nitrogens with zero attached hydrogens (tertiary/aromatic N) is 3. The molecular formula is C10H14ClN3. The predicted octanol–water partition coefficient (Wildman–Crippen LogP) is 2.37. The second kappa shape index (κ2) is 3.39. The Kier molecular flexibility index (Phi) is 2.35. The molecule has 1 fully saturated rings. The summed E-state index contributed by atoms with van der Waals surface area (Å²) in [5, 5.41) is 0.514. The topological polar surface area (TPSA) is 29.0 Å². The number of anilines is 1. The van der Waals surface area contributed by atoms with Gasteiger partial charge in [0.15, 0.2) is 0 Å². The molecule has 0 atom stereocenters. The standard InChI is InChI=1S/C10H14ClN3/c1-10(2)3-4-14(6-10)9-5-8(11)12-7-13-9/h5,7H,3-4,6H2,1-2H3. The molecule has 1 saturated heterocycles. The summed E-state index contributed by atoms with van der Waals surface area (Å²) < 4.78 is 0. The second-order valence-electron chi connectivity index (χ2n) is 4.53. The summed E-state index contributed by atoms with van der Waals surface area (Å²) in [4.78, 5) is 10.4. The highest BCUT2D eigenvalue weighted by Crippen LogP contribution is 2.31. The first kappa shape index (κ1) is 9.71. The van der Waals surface area contributed by atoms with Crippen molar-refractivity contribution in [2.75, 3.05) is 18.0 Å². The third kappa shape index (κ3) is 1.98. The van der Waals surface area contributed by atoms with Crippen molar-refractivity contribution in [3.63, 3.8) is 0 Å². The molecule has 0 N–H and O–H groups in total. The maximum absolute atomic E-state index is 5.82. The summed E-state index contributed by atoms with van der Waals surface area (Å²) >= 11 is 5.82. The minimum Gasteiger partial charge on any atom is -0.356 e. The van der Waals surface area contributed by atoms with Crippen molar-refractivity contribution in [2.45, 2.75) is 20.3 Å². The van der Waals surface area contributed by atoms with Crippen molar-refractivity contribution in [1.29, 1.82) is 0 Å². The van der Waals surface area contributed by atoms with E-state index in [1.165, 1.54) is 12.7 Å². The van der Waals surface area contributed by atoms with Crippen LogP contribution in [0.4, 0.5) is 5.82 Å². The van der Waals surface area contributed by atoms with Crippen LogP contribution in [0.15, 0.2) is 12.4 Å². The molecule has 76 valence electrons. The zero-order valence-electron chi connectivity index (χ0n) is 8.50. The summed E-state index contributed by atoms with van der Waals surface area (Å²) in [6.07, 6.45) is 2.72. The van der Waals surface area contributed by atoms with E-state index in [0.717, 1.165) is 18.9 Å². The Morgan fingerprint density at radius 2 is 2.21 bits per heavy atom. The zero-order chi connectivity index (χ0) is 10.2. The van der Waals surface area contributed by atoms with Crippen LogP contribution in [-0.2, 0) is 0 Å². The van der Waals surface area contributed by atoms with Crippen LogP contribution in [0.3, 0.4) is 0 Å². The van der Waals surface area contributed by atoms with Gasteiger partial charge in [0.2, 0.25) is 0 Å². The molecule has 1 aliphatic heterocycles. The van der Waals surface area contributed by atoms with Gasteiger partial charge < -0.3 is 4.90 Å². The van der Waals surface area contributed by atoms with Gasteiger partial charge in [0.1, 0.15) is 17.3 Å². The second-order valence-corrected chi connectivity index (χ2v) is 4.92. The summed E-state index contributed by atoms with van der Waals surface area (Å²) in [6, 6.07) is 1.82. The molecule has 14 heavy (non-hydrogen) atoms. The van der Waals surface area contributed by atoms with Crippen molar-refractivity contribution in [1.82, 2.24) is 9.97 Å². The van der Waals surface area contributed by atoms with E-state index in [9.17, 15) is 0 Å². The Labute approximate surface area is 89.1 Å². The summed E-state index contributed by atoms with van der Waals surface area (Å²) in [5.41, 5.74) is 0.386. The van der Waals surface area contributed by atoms with Gasteiger partial charge in [0.05, 0.1) is 0 Å². The van der Waals surface area contributed by atoms with Gasteiger partial charge in [-0.25, -0.2) is 9.97 Å². The fourth-order valence-corrected chi connectivity index (χ4v) is 1.95. The number of halogens is 1. The molecule has 1 aromatic heterocycles. The number of aromatic nitrogens is 2. The summed E-state index contributed by atoms with van der Waals surface area (Å²) in [6.45, 7) is 6.65. The van der Waals surface area contributed by atoms with Crippen molar-refractivity contribution in [3.8, 4) is 0 Å². The Morgan fingerprint density at radius 3 is 2.79 bits per heavy atom. The molecule has 2 rings (SSSR count). The normalized spacial score (nSPS) is 20.1. The Hall–Kier alpha value is -0.830. The highest BCUT2D eigenvalue weighted by molar-refractivity contribution is 6.29. The van der Waals surface area contributed by atoms with Gasteiger partial charge in [0, 0.05) is 19.2 Å². The third-order valence-corrected chi connectivity index (χ3v) is 2.83. The van der Waals surface area contributed by atoms with E-state index in [1.54, 1.807) is 0 Å². The monoisotopic (exact) mass is 211 g/mol. The molecule has 0 bridgehead atoms. The number of rotatable bonds is 1. The van der Waals surface area contributed by atoms with E-state index in [4.69, 9.17) is 11.6 Å². The molecule has 4 heteroatoms. The quantitative estimate of drug-likeness (QED) is 0.668. The Bertz CT molecular complexity index is 338. The Balaban J connectivity index is 2.17. The van der Waals surface area contributed by atoms with Crippen LogP contribution in [0, 0.1) is 5.41 Å². The molecule has 0 aromatic carbocycles. The van der Waals surface area contributed by atoms with Crippen LogP contribution in [-0.4, -0.2) is 23.1 Å². The zero-order valence-corrected chi connectivity index (χ0v) is 9.25. The van der Waals surface area contributed by atoms with E-state index >= 15 is 0 Å². The molecule has 0 saturated carbocycles. The van der Waals surface area contributed by atoms with Crippen molar-refractivity contribution in [2.24, 2.45) is 5.41 Å². The van der Waals surface area contributed by atoms with Crippen LogP contribution in [0.5, 0.6) is 0 Å². The average molecular weight is 212 g/mol. The fourth-order valence-electron chi connectivity index (χ4n) is 1.81. The van der Waals surface area contributed by atoms with E-state index in [-0.39, 0.29) is 0 Å². The van der Waals surface area contributed by atoms with Gasteiger partial charge in [0.25, 0.3) is 0 Å². The maximum atomic E-state index is 5.82. The molecule has 0 aliphatic carbocycles. The molecule has 3 nitrogen and oxygen atoms in total. The van der Waals surface area contributed by atoms with Crippen molar-refractivity contribution in [3.05, 3.63) is 17.5 Å². The lowest BCUT2D eigenvalue weighted by molar-refractivity contribution is 0.418. The molecule has 0 amide bonds. The van der Waals surface area contributed by atoms with Gasteiger partial charge in [-0.15, -0.1) is 0 Å². The maximum Gasteiger partial charge on any atom is 0.134 e. The first-order valence-corrected chi connectivity index (χ1v) is 5.17. The lowest BCUT2D eigenvalue weighted by atomic mass is 9.93. The van der Waals surface area contributed by atoms with Crippen LogP contribution in [0.2, 0.25) is 5.15 Å². The number of hydrogen-bond donors (Lipinski definition) is 0. The first-order chi connectivity index (χ1) is 6.57. The molecular weight excluding hydrogens is 198 g/mol. The molecule has 0 unspecified atom stereocenters. The van der Waals surface area contributed by atoms with Gasteiger partial charge in [-0.05, 0) is 11.8 Å². The summed E-state index contributed by atoms with van der Waals surface area (Å²) in [7, 11) is 0. The summed E-state index contributed by atoms with van der Waals surface area (Å²) in [5.74, 6) is 0.940.